The number of carbonyl (C=O) groups excluding carboxylic acids is 1. The van der Waals surface area contributed by atoms with Crippen LogP contribution in [0, 0.1) is 11.3 Å². The van der Waals surface area contributed by atoms with Crippen LogP contribution in [-0.2, 0) is 24.1 Å². The fourth-order valence-corrected chi connectivity index (χ4v) is 9.65. The maximum atomic E-state index is 13.2. The van der Waals surface area contributed by atoms with Gasteiger partial charge in [-0.05, 0) is 86.8 Å². The SMILES string of the molecule is COc1ccc(C(OCC2O[C@@H](n3ccc4c(NC(=O)c5ccccc5)ncnc43)C[C@@H]2OP(OCCC#N)N(C(C)C)C(C)C)(c2ccccc2)c2ccc(OC)cc2)cc1. The van der Waals surface area contributed by atoms with Crippen LogP contribution in [0.4, 0.5) is 5.82 Å². The highest BCUT2D eigenvalue weighted by Crippen LogP contribution is 2.51. The van der Waals surface area contributed by atoms with Gasteiger partial charge < -0.3 is 37.9 Å². The Labute approximate surface area is 364 Å². The second kappa shape index (κ2) is 20.4. The first-order valence-corrected chi connectivity index (χ1v) is 21.9. The molecule has 1 aliphatic rings. The number of nitrogens with zero attached hydrogens (tertiary/aromatic N) is 5. The molecule has 4 atom stereocenters. The molecular weight excluding hydrogens is 804 g/mol. The summed E-state index contributed by atoms with van der Waals surface area (Å²) in [6.07, 6.45) is 2.30. The van der Waals surface area contributed by atoms with E-state index in [2.05, 4.69) is 65.9 Å². The zero-order chi connectivity index (χ0) is 43.6. The number of aromatic nitrogens is 3. The quantitative estimate of drug-likeness (QED) is 0.0473. The molecule has 1 N–H and O–H groups in total. The molecule has 1 saturated heterocycles. The van der Waals surface area contributed by atoms with E-state index in [4.69, 9.17) is 28.0 Å². The van der Waals surface area contributed by atoms with Gasteiger partial charge in [-0.25, -0.2) is 14.6 Å². The molecular formula is C48H53N6O7P. The second-order valence-electron chi connectivity index (χ2n) is 15.4. The average Bonchev–Trinajstić information content (AvgIpc) is 3.92. The van der Waals surface area contributed by atoms with E-state index >= 15 is 0 Å². The van der Waals surface area contributed by atoms with Crippen molar-refractivity contribution in [3.63, 3.8) is 0 Å². The van der Waals surface area contributed by atoms with E-state index in [1.807, 2.05) is 102 Å². The number of hydrogen-bond acceptors (Lipinski definition) is 11. The fraction of sp³-hybridized carbons (Fsp3) is 0.333. The zero-order valence-corrected chi connectivity index (χ0v) is 36.8. The highest BCUT2D eigenvalue weighted by Gasteiger charge is 2.45. The lowest BCUT2D eigenvalue weighted by Gasteiger charge is -2.39. The Balaban J connectivity index is 1.28. The molecule has 2 unspecified atom stereocenters. The monoisotopic (exact) mass is 856 g/mol. The molecule has 62 heavy (non-hydrogen) atoms. The van der Waals surface area contributed by atoms with Gasteiger partial charge in [0.2, 0.25) is 0 Å². The summed E-state index contributed by atoms with van der Waals surface area (Å²) in [6.45, 7) is 8.76. The molecule has 0 aliphatic carbocycles. The highest BCUT2D eigenvalue weighted by atomic mass is 31.2. The van der Waals surface area contributed by atoms with Gasteiger partial charge in [0.25, 0.3) is 14.4 Å². The average molecular weight is 857 g/mol. The number of fused-ring (bicyclic) bond motifs is 1. The van der Waals surface area contributed by atoms with Crippen LogP contribution in [0.15, 0.2) is 128 Å². The van der Waals surface area contributed by atoms with Gasteiger partial charge in [-0.1, -0.05) is 72.8 Å². The van der Waals surface area contributed by atoms with Crippen molar-refractivity contribution >= 4 is 31.3 Å². The van der Waals surface area contributed by atoms with E-state index in [9.17, 15) is 10.1 Å². The summed E-state index contributed by atoms with van der Waals surface area (Å²) < 4.78 is 43.2. The normalized spacial score (nSPS) is 17.1. The van der Waals surface area contributed by atoms with Crippen molar-refractivity contribution < 1.29 is 32.8 Å². The predicted molar refractivity (Wildman–Crippen MR) is 239 cm³/mol. The van der Waals surface area contributed by atoms with Crippen molar-refractivity contribution in [2.24, 2.45) is 0 Å². The van der Waals surface area contributed by atoms with Gasteiger partial charge in [0, 0.05) is 30.3 Å². The van der Waals surface area contributed by atoms with E-state index in [-0.39, 0.29) is 37.6 Å². The van der Waals surface area contributed by atoms with Gasteiger partial charge in [0.15, 0.2) is 0 Å². The van der Waals surface area contributed by atoms with Crippen LogP contribution in [0.3, 0.4) is 0 Å². The molecule has 0 saturated carbocycles. The Bertz CT molecular complexity index is 2350. The van der Waals surface area contributed by atoms with E-state index in [0.29, 0.717) is 28.8 Å². The number of hydrogen-bond donors (Lipinski definition) is 1. The maximum absolute atomic E-state index is 13.2. The van der Waals surface area contributed by atoms with Crippen molar-refractivity contribution in [1.29, 1.82) is 5.26 Å². The third kappa shape index (κ3) is 9.67. The van der Waals surface area contributed by atoms with Crippen LogP contribution in [0.25, 0.3) is 11.0 Å². The third-order valence-corrected chi connectivity index (χ3v) is 12.9. The van der Waals surface area contributed by atoms with Crippen LogP contribution < -0.4 is 14.8 Å². The van der Waals surface area contributed by atoms with Crippen LogP contribution in [-0.4, -0.2) is 76.8 Å². The molecule has 1 aliphatic heterocycles. The first kappa shape index (κ1) is 44.3. The van der Waals surface area contributed by atoms with Crippen molar-refractivity contribution in [2.45, 2.75) is 76.7 Å². The number of ether oxygens (including phenoxy) is 4. The number of nitriles is 1. The summed E-state index contributed by atoms with van der Waals surface area (Å²) in [7, 11) is 1.65. The molecule has 0 bridgehead atoms. The Morgan fingerprint density at radius 2 is 1.47 bits per heavy atom. The summed E-state index contributed by atoms with van der Waals surface area (Å²) in [5, 5.41) is 13.1. The molecule has 1 fully saturated rings. The van der Waals surface area contributed by atoms with Gasteiger partial charge in [-0.3, -0.25) is 4.79 Å². The van der Waals surface area contributed by atoms with Gasteiger partial charge in [-0.2, -0.15) is 5.26 Å². The molecule has 0 radical (unpaired) electrons. The number of carbonyl (C=O) groups is 1. The van der Waals surface area contributed by atoms with E-state index < -0.39 is 32.6 Å². The van der Waals surface area contributed by atoms with Gasteiger partial charge >= 0.3 is 0 Å². The molecule has 7 rings (SSSR count). The fourth-order valence-electron chi connectivity index (χ4n) is 7.90. The summed E-state index contributed by atoms with van der Waals surface area (Å²) in [4.78, 5) is 22.3. The summed E-state index contributed by atoms with van der Waals surface area (Å²) in [5.74, 6) is 1.55. The third-order valence-electron chi connectivity index (χ3n) is 10.8. The van der Waals surface area contributed by atoms with E-state index in [1.54, 1.807) is 26.4 Å². The minimum atomic E-state index is -1.65. The lowest BCUT2D eigenvalue weighted by molar-refractivity contribution is -0.0911. The van der Waals surface area contributed by atoms with E-state index in [1.165, 1.54) is 6.33 Å². The minimum absolute atomic E-state index is 0.0847. The van der Waals surface area contributed by atoms with Crippen molar-refractivity contribution in [3.05, 3.63) is 150 Å². The molecule has 14 heteroatoms. The lowest BCUT2D eigenvalue weighted by atomic mass is 9.80. The Hall–Kier alpha value is -5.71. The standard InChI is InChI=1S/C48H53N6O7P/c1-33(2)54(34(3)4)62(59-29-13-27-49)61-42-30-44(53-28-26-41-45(50-32-51-46(41)53)52-47(55)35-14-9-7-10-15-35)60-43(42)31-58-48(36-16-11-8-12-17-36,37-18-22-39(56-5)23-19-37)38-20-24-40(57-6)25-21-38/h7-12,14-26,28,32-34,42-44H,13,29-31H2,1-6H3,(H,50,51,52,55)/t42-,43?,44+,62?/m0/s1. The van der Waals surface area contributed by atoms with Crippen LogP contribution in [0.2, 0.25) is 0 Å². The molecule has 0 spiro atoms. The Morgan fingerprint density at radius 3 is 2.05 bits per heavy atom. The molecule has 13 nitrogen and oxygen atoms in total. The minimum Gasteiger partial charge on any atom is -0.497 e. The second-order valence-corrected chi connectivity index (χ2v) is 16.8. The first-order valence-electron chi connectivity index (χ1n) is 20.7. The Kier molecular flexibility index (Phi) is 14.6. The zero-order valence-electron chi connectivity index (χ0n) is 35.9. The molecule has 6 aromatic rings. The summed E-state index contributed by atoms with van der Waals surface area (Å²) >= 11 is 0. The lowest BCUT2D eigenvalue weighted by Crippen LogP contribution is -2.39. The van der Waals surface area contributed by atoms with Crippen LogP contribution in [0.5, 0.6) is 11.5 Å². The molecule has 2 aromatic heterocycles. The highest BCUT2D eigenvalue weighted by molar-refractivity contribution is 7.44. The summed E-state index contributed by atoms with van der Waals surface area (Å²) in [5.41, 5.74) is 2.67. The molecule has 4 aromatic carbocycles. The largest absolute Gasteiger partial charge is 0.497 e. The topological polar surface area (TPSA) is 142 Å². The molecule has 1 amide bonds. The van der Waals surface area contributed by atoms with Crippen molar-refractivity contribution in [1.82, 2.24) is 19.2 Å². The number of benzene rings is 4. The van der Waals surface area contributed by atoms with Gasteiger partial charge in [-0.15, -0.1) is 0 Å². The number of anilines is 1. The molecule has 3 heterocycles. The maximum Gasteiger partial charge on any atom is 0.259 e. The molecule has 322 valence electrons. The predicted octanol–water partition coefficient (Wildman–Crippen LogP) is 9.66. The van der Waals surface area contributed by atoms with E-state index in [0.717, 1.165) is 28.2 Å². The van der Waals surface area contributed by atoms with Crippen LogP contribution >= 0.6 is 8.53 Å². The Morgan fingerprint density at radius 1 is 0.871 bits per heavy atom. The smallest absolute Gasteiger partial charge is 0.259 e. The number of rotatable bonds is 19. The van der Waals surface area contributed by atoms with Crippen molar-refractivity contribution in [2.75, 3.05) is 32.8 Å². The number of methoxy groups -OCH3 is 2. The number of nitrogens with one attached hydrogen (secondary N) is 1. The van der Waals surface area contributed by atoms with Crippen LogP contribution in [0.1, 0.15) is 73.8 Å². The first-order chi connectivity index (χ1) is 30.2. The van der Waals surface area contributed by atoms with Gasteiger partial charge in [0.1, 0.15) is 47.2 Å². The summed E-state index contributed by atoms with van der Waals surface area (Å²) in [6, 6.07) is 39.2. The van der Waals surface area contributed by atoms with Crippen molar-refractivity contribution in [3.8, 4) is 17.6 Å². The van der Waals surface area contributed by atoms with Gasteiger partial charge in [0.05, 0.1) is 51.4 Å². The number of amides is 1.